The summed E-state index contributed by atoms with van der Waals surface area (Å²) in [7, 11) is 0. The van der Waals surface area contributed by atoms with E-state index in [9.17, 15) is 10.2 Å². The molecule has 3 aromatic rings. The van der Waals surface area contributed by atoms with Gasteiger partial charge in [0.15, 0.2) is 5.69 Å². The lowest BCUT2D eigenvalue weighted by atomic mass is 10.2. The van der Waals surface area contributed by atoms with Gasteiger partial charge in [0.1, 0.15) is 11.5 Å². The van der Waals surface area contributed by atoms with E-state index in [2.05, 4.69) is 25.6 Å². The number of rotatable bonds is 2. The van der Waals surface area contributed by atoms with Crippen LogP contribution in [0.15, 0.2) is 28.9 Å². The van der Waals surface area contributed by atoms with E-state index in [-0.39, 0.29) is 23.2 Å². The maximum absolute atomic E-state index is 9.66. The van der Waals surface area contributed by atoms with E-state index in [1.807, 2.05) is 0 Å². The maximum Gasteiger partial charge on any atom is 0.262 e. The Balaban J connectivity index is 2.03. The van der Waals surface area contributed by atoms with Crippen LogP contribution in [0.4, 0.5) is 0 Å². The smallest absolute Gasteiger partial charge is 0.262 e. The van der Waals surface area contributed by atoms with E-state index in [1.165, 1.54) is 24.4 Å². The molecule has 8 nitrogen and oxygen atoms in total. The molecule has 0 aliphatic rings. The Bertz CT molecular complexity index is 677. The molecule has 0 aliphatic carbocycles. The average Bonchev–Trinajstić information content (AvgIpc) is 2.99. The number of hydrogen-bond acceptors (Lipinski definition) is 7. The first-order chi connectivity index (χ1) is 8.74. The first-order valence-corrected chi connectivity index (χ1v) is 4.96. The van der Waals surface area contributed by atoms with Gasteiger partial charge >= 0.3 is 0 Å². The number of H-pyrrole nitrogens is 1. The quantitative estimate of drug-likeness (QED) is 0.614. The third-order valence-electron chi connectivity index (χ3n) is 2.28. The first kappa shape index (κ1) is 10.3. The minimum absolute atomic E-state index is 0.0486. The van der Waals surface area contributed by atoms with E-state index in [1.54, 1.807) is 0 Å². The van der Waals surface area contributed by atoms with E-state index < -0.39 is 0 Å². The predicted molar refractivity (Wildman–Crippen MR) is 58.4 cm³/mol. The Morgan fingerprint density at radius 1 is 1.22 bits per heavy atom. The van der Waals surface area contributed by atoms with Gasteiger partial charge in [-0.25, -0.2) is 0 Å². The summed E-state index contributed by atoms with van der Waals surface area (Å²) < 4.78 is 5.01. The highest BCUT2D eigenvalue weighted by molar-refractivity contribution is 5.65. The van der Waals surface area contributed by atoms with Crippen molar-refractivity contribution in [3.8, 4) is 34.5 Å². The number of phenols is 2. The fraction of sp³-hybridized carbons (Fsp3) is 0. The molecule has 2 aromatic heterocycles. The van der Waals surface area contributed by atoms with Crippen molar-refractivity contribution < 1.29 is 14.7 Å². The van der Waals surface area contributed by atoms with Gasteiger partial charge in [0.2, 0.25) is 5.82 Å². The fourth-order valence-electron chi connectivity index (χ4n) is 1.45. The number of aromatic hydroxyl groups is 2. The molecule has 8 heteroatoms. The molecule has 0 fully saturated rings. The summed E-state index contributed by atoms with van der Waals surface area (Å²) in [5.74, 6) is 0.189. The zero-order chi connectivity index (χ0) is 12.5. The number of nitrogens with one attached hydrogen (secondary N) is 1. The minimum Gasteiger partial charge on any atom is -0.508 e. The third kappa shape index (κ3) is 1.65. The molecule has 0 radical (unpaired) electrons. The lowest BCUT2D eigenvalue weighted by molar-refractivity contribution is 0.423. The molecular formula is C10H7N5O3. The summed E-state index contributed by atoms with van der Waals surface area (Å²) >= 11 is 0. The summed E-state index contributed by atoms with van der Waals surface area (Å²) in [5.41, 5.74) is 0.762. The summed E-state index contributed by atoms with van der Waals surface area (Å²) in [6, 6.07) is 4.08. The maximum atomic E-state index is 9.66. The number of phenolic OH excluding ortho intramolecular Hbond substituents is 2. The molecule has 0 aliphatic heterocycles. The highest BCUT2D eigenvalue weighted by atomic mass is 16.5. The monoisotopic (exact) mass is 245 g/mol. The number of nitrogens with zero attached hydrogens (tertiary/aromatic N) is 4. The fourth-order valence-corrected chi connectivity index (χ4v) is 1.45. The second-order valence-electron chi connectivity index (χ2n) is 3.48. The molecule has 0 saturated heterocycles. The highest BCUT2D eigenvalue weighted by Crippen LogP contribution is 2.31. The second-order valence-corrected chi connectivity index (χ2v) is 3.48. The van der Waals surface area contributed by atoms with Gasteiger partial charge in [-0.15, -0.1) is 0 Å². The van der Waals surface area contributed by atoms with Crippen molar-refractivity contribution in [3.63, 3.8) is 0 Å². The molecule has 0 saturated carbocycles. The molecule has 0 bridgehead atoms. The Hall–Kier alpha value is -2.90. The van der Waals surface area contributed by atoms with Crippen LogP contribution in [0.1, 0.15) is 0 Å². The van der Waals surface area contributed by atoms with Gasteiger partial charge < -0.3 is 14.7 Å². The van der Waals surface area contributed by atoms with Crippen molar-refractivity contribution in [2.24, 2.45) is 0 Å². The molecule has 2 heterocycles. The van der Waals surface area contributed by atoms with Crippen LogP contribution in [-0.4, -0.2) is 35.8 Å². The van der Waals surface area contributed by atoms with Gasteiger partial charge in [-0.05, 0) is 12.1 Å². The number of benzene rings is 1. The average molecular weight is 245 g/mol. The highest BCUT2D eigenvalue weighted by Gasteiger charge is 2.15. The van der Waals surface area contributed by atoms with Crippen LogP contribution in [0.25, 0.3) is 23.0 Å². The standard InChI is InChI=1S/C10H7N5O3/c16-5-1-2-6(8(17)3-5)10-12-9(14-18-10)7-4-11-15-13-7/h1-4,16-17H,(H,11,13,15). The second kappa shape index (κ2) is 3.84. The van der Waals surface area contributed by atoms with E-state index in [4.69, 9.17) is 4.52 Å². The number of aromatic amines is 1. The van der Waals surface area contributed by atoms with Gasteiger partial charge in [0.25, 0.3) is 5.89 Å². The molecule has 3 N–H and O–H groups in total. The number of aromatic nitrogens is 5. The van der Waals surface area contributed by atoms with Crippen LogP contribution in [0.3, 0.4) is 0 Å². The van der Waals surface area contributed by atoms with Gasteiger partial charge in [-0.3, -0.25) is 0 Å². The Kier molecular flexibility index (Phi) is 2.19. The van der Waals surface area contributed by atoms with Crippen LogP contribution >= 0.6 is 0 Å². The van der Waals surface area contributed by atoms with Gasteiger partial charge in [0.05, 0.1) is 11.8 Å². The molecule has 0 unspecified atom stereocenters. The molecule has 3 rings (SSSR count). The normalized spacial score (nSPS) is 10.7. The van der Waals surface area contributed by atoms with Gasteiger partial charge in [-0.1, -0.05) is 5.16 Å². The van der Waals surface area contributed by atoms with Crippen molar-refractivity contribution in [2.45, 2.75) is 0 Å². The van der Waals surface area contributed by atoms with Crippen molar-refractivity contribution in [1.29, 1.82) is 0 Å². The summed E-state index contributed by atoms with van der Waals surface area (Å²) in [6.07, 6.45) is 1.45. The Morgan fingerprint density at radius 3 is 2.83 bits per heavy atom. The van der Waals surface area contributed by atoms with E-state index >= 15 is 0 Å². The Labute approximate surface area is 99.9 Å². The van der Waals surface area contributed by atoms with Crippen molar-refractivity contribution >= 4 is 0 Å². The van der Waals surface area contributed by atoms with Crippen LogP contribution in [0, 0.1) is 0 Å². The van der Waals surface area contributed by atoms with Crippen LogP contribution in [0.2, 0.25) is 0 Å². The van der Waals surface area contributed by atoms with Crippen LogP contribution in [-0.2, 0) is 0 Å². The van der Waals surface area contributed by atoms with Crippen molar-refractivity contribution in [2.75, 3.05) is 0 Å². The van der Waals surface area contributed by atoms with Crippen molar-refractivity contribution in [1.82, 2.24) is 25.6 Å². The molecule has 0 spiro atoms. The lowest BCUT2D eigenvalue weighted by Crippen LogP contribution is -1.82. The zero-order valence-electron chi connectivity index (χ0n) is 8.90. The Morgan fingerprint density at radius 2 is 2.11 bits per heavy atom. The summed E-state index contributed by atoms with van der Waals surface area (Å²) in [5, 5.41) is 32.4. The van der Waals surface area contributed by atoms with Crippen molar-refractivity contribution in [3.05, 3.63) is 24.4 Å². The molecule has 0 atom stereocenters. The molecular weight excluding hydrogens is 238 g/mol. The van der Waals surface area contributed by atoms with E-state index in [0.717, 1.165) is 0 Å². The molecule has 18 heavy (non-hydrogen) atoms. The summed E-state index contributed by atoms with van der Waals surface area (Å²) in [6.45, 7) is 0. The lowest BCUT2D eigenvalue weighted by Gasteiger charge is -1.98. The van der Waals surface area contributed by atoms with Gasteiger partial charge in [0, 0.05) is 6.07 Å². The topological polar surface area (TPSA) is 121 Å². The minimum atomic E-state index is -0.148. The molecule has 1 aromatic carbocycles. The van der Waals surface area contributed by atoms with E-state index in [0.29, 0.717) is 11.3 Å². The van der Waals surface area contributed by atoms with Crippen LogP contribution < -0.4 is 0 Å². The van der Waals surface area contributed by atoms with Gasteiger partial charge in [-0.2, -0.15) is 20.4 Å². The van der Waals surface area contributed by atoms with Crippen LogP contribution in [0.5, 0.6) is 11.5 Å². The molecule has 90 valence electrons. The summed E-state index contributed by atoms with van der Waals surface area (Å²) in [4.78, 5) is 4.07. The SMILES string of the molecule is Oc1ccc(-c2nc(-c3cn[nH]n3)no2)c(O)c1. The predicted octanol–water partition coefficient (Wildman–Crippen LogP) is 0.933. The first-order valence-electron chi connectivity index (χ1n) is 4.96. The number of hydrogen-bond donors (Lipinski definition) is 3. The third-order valence-corrected chi connectivity index (χ3v) is 2.28. The zero-order valence-corrected chi connectivity index (χ0v) is 8.90. The largest absolute Gasteiger partial charge is 0.508 e. The molecule has 0 amide bonds.